The van der Waals surface area contributed by atoms with Gasteiger partial charge < -0.3 is 4.74 Å². The van der Waals surface area contributed by atoms with E-state index in [4.69, 9.17) is 4.74 Å². The smallest absolute Gasteiger partial charge is 0.278 e. The molecule has 0 amide bonds. The maximum absolute atomic E-state index is 10.5. The van der Waals surface area contributed by atoms with E-state index in [1.807, 2.05) is 0 Å². The Labute approximate surface area is 74.7 Å². The second-order valence-corrected chi connectivity index (χ2v) is 2.40. The zero-order chi connectivity index (χ0) is 9.84. The average molecular weight is 182 g/mol. The summed E-state index contributed by atoms with van der Waals surface area (Å²) in [4.78, 5) is 9.87. The van der Waals surface area contributed by atoms with E-state index in [1.54, 1.807) is 0 Å². The number of methoxy groups -OCH3 is 1. The lowest BCUT2D eigenvalue weighted by atomic mass is 10.2. The molecule has 1 rings (SSSR count). The van der Waals surface area contributed by atoms with Gasteiger partial charge in [0.1, 0.15) is 12.4 Å². The summed E-state index contributed by atoms with van der Waals surface area (Å²) in [6.07, 6.45) is 0. The first-order chi connectivity index (χ1) is 6.19. The largest absolute Gasteiger partial charge is 0.497 e. The van der Waals surface area contributed by atoms with Crippen molar-refractivity contribution in [2.75, 3.05) is 7.11 Å². The number of hydrogen-bond donors (Lipinski definition) is 0. The SMILES string of the molecule is COc1ccc(C[O])c([N+](=O)[O-])c1. The highest BCUT2D eigenvalue weighted by atomic mass is 16.6. The van der Waals surface area contributed by atoms with Gasteiger partial charge in [-0.1, -0.05) is 0 Å². The molecule has 0 unspecified atom stereocenters. The zero-order valence-corrected chi connectivity index (χ0v) is 7.02. The molecule has 0 N–H and O–H groups in total. The number of benzene rings is 1. The highest BCUT2D eigenvalue weighted by Gasteiger charge is 2.13. The maximum atomic E-state index is 10.5. The standard InChI is InChI=1S/C8H8NO4/c1-13-7-3-2-6(5-10)8(4-7)9(11)12/h2-4H,5H2,1H3. The third-order valence-corrected chi connectivity index (χ3v) is 1.64. The Morgan fingerprint density at radius 3 is 2.69 bits per heavy atom. The van der Waals surface area contributed by atoms with Gasteiger partial charge in [-0.25, -0.2) is 5.11 Å². The van der Waals surface area contributed by atoms with Crippen LogP contribution in [0.3, 0.4) is 0 Å². The fraction of sp³-hybridized carbons (Fsp3) is 0.250. The van der Waals surface area contributed by atoms with E-state index < -0.39 is 11.5 Å². The Bertz CT molecular complexity index is 324. The first-order valence-electron chi connectivity index (χ1n) is 3.58. The number of nitro benzene ring substituents is 1. The molecule has 0 bridgehead atoms. The maximum Gasteiger partial charge on any atom is 0.278 e. The molecule has 1 radical (unpaired) electrons. The molecule has 0 saturated heterocycles. The third kappa shape index (κ3) is 1.94. The number of nitrogens with zero attached hydrogens (tertiary/aromatic N) is 1. The second-order valence-electron chi connectivity index (χ2n) is 2.40. The van der Waals surface area contributed by atoms with Gasteiger partial charge in [0.25, 0.3) is 5.69 Å². The molecule has 5 nitrogen and oxygen atoms in total. The molecule has 0 spiro atoms. The van der Waals surface area contributed by atoms with Crippen LogP contribution in [-0.2, 0) is 11.7 Å². The molecule has 0 heterocycles. The van der Waals surface area contributed by atoms with Crippen molar-refractivity contribution in [1.82, 2.24) is 0 Å². The summed E-state index contributed by atoms with van der Waals surface area (Å²) in [5.74, 6) is 0.379. The van der Waals surface area contributed by atoms with E-state index in [0.29, 0.717) is 5.75 Å². The van der Waals surface area contributed by atoms with Crippen molar-refractivity contribution < 1.29 is 14.8 Å². The number of ether oxygens (including phenoxy) is 1. The summed E-state index contributed by atoms with van der Waals surface area (Å²) in [6.45, 7) is -0.597. The Morgan fingerprint density at radius 2 is 2.23 bits per heavy atom. The molecule has 13 heavy (non-hydrogen) atoms. The van der Waals surface area contributed by atoms with Gasteiger partial charge in [0.15, 0.2) is 0 Å². The van der Waals surface area contributed by atoms with Crippen molar-refractivity contribution in [3.8, 4) is 5.75 Å². The van der Waals surface area contributed by atoms with Gasteiger partial charge in [-0.2, -0.15) is 0 Å². The Balaban J connectivity index is 3.18. The minimum absolute atomic E-state index is 0.172. The van der Waals surface area contributed by atoms with Crippen molar-refractivity contribution in [3.63, 3.8) is 0 Å². The van der Waals surface area contributed by atoms with Crippen molar-refractivity contribution in [2.24, 2.45) is 0 Å². The molecule has 0 saturated carbocycles. The van der Waals surface area contributed by atoms with Crippen molar-refractivity contribution in [2.45, 2.75) is 6.61 Å². The summed E-state index contributed by atoms with van der Waals surface area (Å²) in [5.41, 5.74) is -0.0137. The number of rotatable bonds is 3. The van der Waals surface area contributed by atoms with E-state index >= 15 is 0 Å². The van der Waals surface area contributed by atoms with Crippen molar-refractivity contribution in [3.05, 3.63) is 33.9 Å². The fourth-order valence-corrected chi connectivity index (χ4v) is 0.963. The average Bonchev–Trinajstić information content (AvgIpc) is 2.16. The van der Waals surface area contributed by atoms with Gasteiger partial charge >= 0.3 is 0 Å². The highest BCUT2D eigenvalue weighted by molar-refractivity contribution is 5.45. The van der Waals surface area contributed by atoms with Crippen LogP contribution in [-0.4, -0.2) is 12.0 Å². The fourth-order valence-electron chi connectivity index (χ4n) is 0.963. The lowest BCUT2D eigenvalue weighted by Crippen LogP contribution is -1.95. The van der Waals surface area contributed by atoms with Gasteiger partial charge in [-0.15, -0.1) is 0 Å². The molecule has 69 valence electrons. The van der Waals surface area contributed by atoms with Crippen LogP contribution in [0.5, 0.6) is 5.75 Å². The van der Waals surface area contributed by atoms with Gasteiger partial charge in [0.2, 0.25) is 0 Å². The molecule has 0 aliphatic rings. The summed E-state index contributed by atoms with van der Waals surface area (Å²) < 4.78 is 4.80. The molecule has 0 fully saturated rings. The lowest BCUT2D eigenvalue weighted by Gasteiger charge is -2.01. The first-order valence-corrected chi connectivity index (χ1v) is 3.58. The molecular weight excluding hydrogens is 174 g/mol. The molecule has 0 aromatic heterocycles. The van der Waals surface area contributed by atoms with Crippen LogP contribution in [0.4, 0.5) is 5.69 Å². The van der Waals surface area contributed by atoms with E-state index in [9.17, 15) is 15.2 Å². The Kier molecular flexibility index (Phi) is 2.81. The minimum Gasteiger partial charge on any atom is -0.497 e. The van der Waals surface area contributed by atoms with E-state index in [0.717, 1.165) is 0 Å². The molecule has 0 atom stereocenters. The topological polar surface area (TPSA) is 72.3 Å². The van der Waals surface area contributed by atoms with Gasteiger partial charge in [-0.3, -0.25) is 10.1 Å². The lowest BCUT2D eigenvalue weighted by molar-refractivity contribution is -0.386. The van der Waals surface area contributed by atoms with Crippen LogP contribution in [0.15, 0.2) is 18.2 Å². The minimum atomic E-state index is -0.597. The first kappa shape index (κ1) is 9.47. The van der Waals surface area contributed by atoms with Crippen LogP contribution in [0.1, 0.15) is 5.56 Å². The van der Waals surface area contributed by atoms with Gasteiger partial charge in [-0.05, 0) is 12.1 Å². The second kappa shape index (κ2) is 3.86. The van der Waals surface area contributed by atoms with Crippen molar-refractivity contribution >= 4 is 5.69 Å². The number of hydrogen-bond acceptors (Lipinski definition) is 3. The molecule has 5 heteroatoms. The third-order valence-electron chi connectivity index (χ3n) is 1.64. The van der Waals surface area contributed by atoms with Crippen LogP contribution >= 0.6 is 0 Å². The highest BCUT2D eigenvalue weighted by Crippen LogP contribution is 2.24. The molecule has 1 aromatic carbocycles. The van der Waals surface area contributed by atoms with E-state index in [-0.39, 0.29) is 11.3 Å². The molecular formula is C8H8NO4. The summed E-state index contributed by atoms with van der Waals surface area (Å²) in [6, 6.07) is 4.18. The Hall–Kier alpha value is -1.62. The molecule has 1 aromatic rings. The van der Waals surface area contributed by atoms with Crippen LogP contribution in [0, 0.1) is 10.1 Å². The number of nitro groups is 1. The molecule has 0 aliphatic carbocycles. The normalized spacial score (nSPS) is 9.69. The predicted molar refractivity (Wildman–Crippen MR) is 44.0 cm³/mol. The van der Waals surface area contributed by atoms with Crippen LogP contribution in [0.2, 0.25) is 0 Å². The summed E-state index contributed by atoms with van der Waals surface area (Å²) in [7, 11) is 1.41. The Morgan fingerprint density at radius 1 is 1.54 bits per heavy atom. The summed E-state index contributed by atoms with van der Waals surface area (Å²) >= 11 is 0. The molecule has 0 aliphatic heterocycles. The van der Waals surface area contributed by atoms with E-state index in [1.165, 1.54) is 25.3 Å². The van der Waals surface area contributed by atoms with Crippen molar-refractivity contribution in [1.29, 1.82) is 0 Å². The monoisotopic (exact) mass is 182 g/mol. The van der Waals surface area contributed by atoms with Gasteiger partial charge in [0.05, 0.1) is 23.7 Å². The van der Waals surface area contributed by atoms with Crippen LogP contribution < -0.4 is 4.74 Å². The van der Waals surface area contributed by atoms with Crippen LogP contribution in [0.25, 0.3) is 0 Å². The van der Waals surface area contributed by atoms with Gasteiger partial charge in [0, 0.05) is 0 Å². The zero-order valence-electron chi connectivity index (χ0n) is 7.02. The quantitative estimate of drug-likeness (QED) is 0.525. The van der Waals surface area contributed by atoms with E-state index in [2.05, 4.69) is 0 Å². The predicted octanol–water partition coefficient (Wildman–Crippen LogP) is 1.53. The summed E-state index contributed by atoms with van der Waals surface area (Å²) in [5, 5.41) is 21.0.